The molecular weight excluding hydrogens is 585 g/mol. The van der Waals surface area contributed by atoms with Crippen LogP contribution in [0.1, 0.15) is 70.8 Å². The number of ether oxygens (including phenoxy) is 2. The van der Waals surface area contributed by atoms with Gasteiger partial charge in [0.25, 0.3) is 0 Å². The zero-order valence-electron chi connectivity index (χ0n) is 24.8. The number of rotatable bonds is 15. The van der Waals surface area contributed by atoms with Crippen molar-refractivity contribution in [1.82, 2.24) is 0 Å². The summed E-state index contributed by atoms with van der Waals surface area (Å²) in [4.78, 5) is 9.30. The third-order valence-electron chi connectivity index (χ3n) is 6.43. The van der Waals surface area contributed by atoms with Crippen LogP contribution in [0.5, 0.6) is 11.5 Å². The van der Waals surface area contributed by atoms with E-state index in [1.807, 2.05) is 0 Å². The summed E-state index contributed by atoms with van der Waals surface area (Å²) in [7, 11) is 0. The Morgan fingerprint density at radius 2 is 0.974 bits per heavy atom. The summed E-state index contributed by atoms with van der Waals surface area (Å²) in [6, 6.07) is 25.5. The van der Waals surface area contributed by atoms with Gasteiger partial charge in [0, 0.05) is 0 Å². The van der Waals surface area contributed by atoms with Crippen molar-refractivity contribution in [2.45, 2.75) is 80.0 Å². The zero-order valence-corrected chi connectivity index (χ0v) is 27.6. The van der Waals surface area contributed by atoms with E-state index in [9.17, 15) is 0 Å². The van der Waals surface area contributed by atoms with Crippen molar-refractivity contribution in [3.05, 3.63) is 78.4 Å². The first-order valence-electron chi connectivity index (χ1n) is 14.8. The fraction of sp³-hybridized carbons (Fsp3) is 0.429. The van der Waals surface area contributed by atoms with Gasteiger partial charge in [0.15, 0.2) is 0 Å². The van der Waals surface area contributed by atoms with Crippen LogP contribution in [0.4, 0.5) is 17.1 Å². The minimum atomic E-state index is -2.14. The molecule has 208 valence electrons. The summed E-state index contributed by atoms with van der Waals surface area (Å²) in [6.45, 7) is 6.00. The number of unbranched alkanes of at least 4 members (excludes halogenated alkanes) is 6. The van der Waals surface area contributed by atoms with E-state index in [1.165, 1.54) is 38.5 Å². The molecule has 4 heteroatoms. The molecule has 0 bridgehead atoms. The molecule has 0 aliphatic rings. The number of anilines is 3. The number of hydrogen-bond acceptors (Lipinski definition) is 3. The molecule has 0 radical (unpaired) electrons. The van der Waals surface area contributed by atoms with Crippen LogP contribution in [0.25, 0.3) is 0 Å². The Hall–Kier alpha value is -2.58. The molecule has 0 atom stereocenters. The quantitative estimate of drug-likeness (QED) is 0.0946. The molecule has 0 amide bonds. The number of benzene rings is 3. The molecule has 0 aliphatic carbocycles. The van der Waals surface area contributed by atoms with Crippen molar-refractivity contribution >= 4 is 35.4 Å². The summed E-state index contributed by atoms with van der Waals surface area (Å²) in [5.41, 5.74) is 4.35. The normalized spacial score (nSPS) is 11.0. The van der Waals surface area contributed by atoms with Gasteiger partial charge in [-0.2, -0.15) is 0 Å². The molecule has 0 spiro atoms. The Kier molecular flexibility index (Phi) is 13.1. The summed E-state index contributed by atoms with van der Waals surface area (Å²) >= 11 is -2.14. The molecule has 3 aromatic rings. The average Bonchev–Trinajstić information content (AvgIpc) is 2.94. The fourth-order valence-corrected chi connectivity index (χ4v) is 5.70. The van der Waals surface area contributed by atoms with Gasteiger partial charge in [-0.25, -0.2) is 0 Å². The van der Waals surface area contributed by atoms with Crippen molar-refractivity contribution in [3.8, 4) is 21.4 Å². The van der Waals surface area contributed by atoms with E-state index in [2.05, 4.69) is 116 Å². The van der Waals surface area contributed by atoms with Gasteiger partial charge in [0.2, 0.25) is 0 Å². The van der Waals surface area contributed by atoms with Gasteiger partial charge in [-0.1, -0.05) is 52.4 Å². The van der Waals surface area contributed by atoms with Gasteiger partial charge in [-0.3, -0.25) is 0 Å². The summed E-state index contributed by atoms with van der Waals surface area (Å²) in [6.07, 6.45) is 9.66. The molecule has 3 aromatic carbocycles. The van der Waals surface area contributed by atoms with Gasteiger partial charge in [0.05, 0.1) is 13.2 Å². The van der Waals surface area contributed by atoms with E-state index < -0.39 is 18.4 Å². The summed E-state index contributed by atoms with van der Waals surface area (Å²) < 4.78 is 15.5. The molecular formula is C35H47NO2Sn. The van der Waals surface area contributed by atoms with Crippen molar-refractivity contribution in [3.63, 3.8) is 0 Å². The summed E-state index contributed by atoms with van der Waals surface area (Å²) in [5, 5.41) is 0. The molecule has 39 heavy (non-hydrogen) atoms. The zero-order chi connectivity index (χ0) is 27.9. The second kappa shape index (κ2) is 16.5. The first-order chi connectivity index (χ1) is 18.9. The molecule has 0 aliphatic heterocycles. The van der Waals surface area contributed by atoms with Crippen LogP contribution in [0.2, 0.25) is 14.8 Å². The molecule has 3 nitrogen and oxygen atoms in total. The van der Waals surface area contributed by atoms with Crippen LogP contribution < -0.4 is 14.4 Å². The number of hydrogen-bond donors (Lipinski definition) is 0. The van der Waals surface area contributed by atoms with Gasteiger partial charge >= 0.3 is 164 Å². The molecule has 0 aromatic heterocycles. The third kappa shape index (κ3) is 11.2. The molecule has 0 heterocycles. The van der Waals surface area contributed by atoms with Crippen LogP contribution in [0, 0.1) is 9.86 Å². The first kappa shape index (κ1) is 31.0. The van der Waals surface area contributed by atoms with Crippen LogP contribution in [-0.4, -0.2) is 31.6 Å². The second-order valence-corrected chi connectivity index (χ2v) is 24.7. The van der Waals surface area contributed by atoms with Crippen LogP contribution in [-0.2, 0) is 0 Å². The Morgan fingerprint density at radius 3 is 1.36 bits per heavy atom. The molecule has 0 fully saturated rings. The maximum absolute atomic E-state index is 6.00. The van der Waals surface area contributed by atoms with Crippen LogP contribution in [0.3, 0.4) is 0 Å². The Bertz CT molecular complexity index is 1100. The van der Waals surface area contributed by atoms with Gasteiger partial charge in [0.1, 0.15) is 0 Å². The predicted molar refractivity (Wildman–Crippen MR) is 171 cm³/mol. The fourth-order valence-electron chi connectivity index (χ4n) is 4.22. The van der Waals surface area contributed by atoms with E-state index in [0.717, 1.165) is 60.2 Å². The maximum atomic E-state index is 6.00. The van der Waals surface area contributed by atoms with E-state index in [4.69, 9.17) is 9.47 Å². The van der Waals surface area contributed by atoms with Crippen molar-refractivity contribution in [2.75, 3.05) is 18.1 Å². The van der Waals surface area contributed by atoms with Gasteiger partial charge < -0.3 is 0 Å². The third-order valence-corrected chi connectivity index (χ3v) is 8.93. The Morgan fingerprint density at radius 1 is 0.564 bits per heavy atom. The van der Waals surface area contributed by atoms with E-state index in [-0.39, 0.29) is 0 Å². The topological polar surface area (TPSA) is 21.7 Å². The molecule has 0 N–H and O–H groups in total. The van der Waals surface area contributed by atoms with E-state index in [1.54, 1.807) is 0 Å². The van der Waals surface area contributed by atoms with E-state index in [0.29, 0.717) is 0 Å². The van der Waals surface area contributed by atoms with Crippen molar-refractivity contribution < 1.29 is 9.47 Å². The molecule has 0 saturated heterocycles. The number of nitrogens with zero attached hydrogens (tertiary/aromatic N) is 1. The van der Waals surface area contributed by atoms with Crippen molar-refractivity contribution in [1.29, 1.82) is 0 Å². The van der Waals surface area contributed by atoms with E-state index >= 15 is 0 Å². The molecule has 3 rings (SSSR count). The predicted octanol–water partition coefficient (Wildman–Crippen LogP) is 10.3. The van der Waals surface area contributed by atoms with Crippen LogP contribution >= 0.6 is 0 Å². The summed E-state index contributed by atoms with van der Waals surface area (Å²) in [5.74, 6) is 5.24. The van der Waals surface area contributed by atoms with Gasteiger partial charge in [-0.15, -0.1) is 0 Å². The molecule has 0 unspecified atom stereocenters. The first-order valence-corrected chi connectivity index (χ1v) is 24.8. The van der Waals surface area contributed by atoms with Crippen LogP contribution in [0.15, 0.2) is 72.8 Å². The standard InChI is InChI=1S/C32H38NO2.3CH3.Sn/c1-4-7-9-11-25-34-31-21-17-29(18-22-31)33(28-15-13-27(6-3)14-16-28)30-19-23-32(24-20-30)35-26-12-10-8-5-2;;;;/h13-24H,4-5,7-12,25-26H2,1-2H3;3*1H3;. The second-order valence-electron chi connectivity index (χ2n) is 11.2. The Labute approximate surface area is 241 Å². The monoisotopic (exact) mass is 633 g/mol. The minimum absolute atomic E-state index is 0.768. The van der Waals surface area contributed by atoms with Gasteiger partial charge in [-0.05, 0) is 12.8 Å². The Balaban J connectivity index is 1.79. The SMILES string of the molecule is CCCCCCOc1ccc(N(c2ccc(C#[C][Sn]([CH3])([CH3])[CH3])cc2)c2ccc(OCCCCCC)cc2)cc1. The average molecular weight is 632 g/mol. The molecule has 0 saturated carbocycles. The van der Waals surface area contributed by atoms with Crippen molar-refractivity contribution in [2.24, 2.45) is 0 Å².